The van der Waals surface area contributed by atoms with Gasteiger partial charge in [-0.3, -0.25) is 0 Å². The third-order valence-electron chi connectivity index (χ3n) is 13.1. The molecule has 0 radical (unpaired) electrons. The maximum absolute atomic E-state index is 2.69. The molecule has 0 aliphatic carbocycles. The summed E-state index contributed by atoms with van der Waals surface area (Å²) in [7, 11) is -3.28. The summed E-state index contributed by atoms with van der Waals surface area (Å²) in [5, 5.41) is 0. The molecular formula is C57H51P3Si3. The Morgan fingerprint density at radius 3 is 0.508 bits per heavy atom. The summed E-state index contributed by atoms with van der Waals surface area (Å²) in [6.07, 6.45) is 0. The van der Waals surface area contributed by atoms with Gasteiger partial charge >= 0.3 is 0 Å². The third-order valence-corrected chi connectivity index (χ3v) is 36.7. The molecular weight excluding hydrogens is 862 g/mol. The average Bonchev–Trinajstić information content (AvgIpc) is 3.34. The van der Waals surface area contributed by atoms with Crippen molar-refractivity contribution < 1.29 is 0 Å². The van der Waals surface area contributed by atoms with Crippen LogP contribution >= 0.6 is 24.6 Å². The molecule has 3 aromatic heterocycles. The molecule has 0 nitrogen and oxygen atoms in total. The van der Waals surface area contributed by atoms with Gasteiger partial charge in [-0.15, -0.1) is 0 Å². The Labute approximate surface area is 382 Å². The molecule has 1 aliphatic heterocycles. The van der Waals surface area contributed by atoms with Gasteiger partial charge < -0.3 is 0 Å². The van der Waals surface area contributed by atoms with E-state index in [4.69, 9.17) is 0 Å². The van der Waals surface area contributed by atoms with E-state index in [2.05, 4.69) is 239 Å². The Bertz CT molecular complexity index is 2570. The van der Waals surface area contributed by atoms with Crippen molar-refractivity contribution in [1.82, 2.24) is 0 Å². The minimum atomic E-state index is -2.48. The molecule has 6 aromatic carbocycles. The van der Waals surface area contributed by atoms with Crippen LogP contribution in [0.4, 0.5) is 0 Å². The highest BCUT2D eigenvalue weighted by atomic mass is 31.0. The maximum atomic E-state index is 2.69. The summed E-state index contributed by atoms with van der Waals surface area (Å²) in [5.74, 6) is 0. The lowest BCUT2D eigenvalue weighted by atomic mass is 10.0. The van der Waals surface area contributed by atoms with Crippen molar-refractivity contribution in [3.05, 3.63) is 200 Å². The Morgan fingerprint density at radius 1 is 0.222 bits per heavy atom. The molecule has 9 aromatic rings. The minimum absolute atomic E-state index is 1.32. The predicted molar refractivity (Wildman–Crippen MR) is 290 cm³/mol. The fourth-order valence-electron chi connectivity index (χ4n) is 9.76. The first-order valence-electron chi connectivity index (χ1n) is 22.0. The van der Waals surface area contributed by atoms with E-state index in [0.717, 1.165) is 0 Å². The van der Waals surface area contributed by atoms with E-state index in [1.54, 1.807) is 29.5 Å². The second kappa shape index (κ2) is 16.8. The molecule has 6 heteroatoms. The summed E-state index contributed by atoms with van der Waals surface area (Å²) < 4.78 is 0. The second-order valence-electron chi connectivity index (χ2n) is 18.4. The van der Waals surface area contributed by atoms with Crippen molar-refractivity contribution >= 4 is 78.3 Å². The van der Waals surface area contributed by atoms with Gasteiger partial charge in [0.15, 0.2) is 0 Å². The molecule has 4 heterocycles. The predicted octanol–water partition coefficient (Wildman–Crippen LogP) is 14.2. The lowest BCUT2D eigenvalue weighted by Gasteiger charge is -2.38. The van der Waals surface area contributed by atoms with E-state index in [9.17, 15) is 0 Å². The highest BCUT2D eigenvalue weighted by molar-refractivity contribution is 7.61. The van der Waals surface area contributed by atoms with Crippen molar-refractivity contribution in [2.45, 2.75) is 39.3 Å². The number of rotatable bonds is 6. The molecule has 0 amide bonds. The van der Waals surface area contributed by atoms with E-state index in [0.29, 0.717) is 0 Å². The van der Waals surface area contributed by atoms with Crippen LogP contribution < -0.4 is 29.5 Å². The van der Waals surface area contributed by atoms with E-state index < -0.39 is 24.2 Å². The lowest BCUT2D eigenvalue weighted by molar-refractivity contribution is 1.62. The van der Waals surface area contributed by atoms with E-state index >= 15 is 0 Å². The Balaban J connectivity index is 1.44. The van der Waals surface area contributed by atoms with Gasteiger partial charge in [0.2, 0.25) is 0 Å². The van der Waals surface area contributed by atoms with Crippen molar-refractivity contribution in [2.75, 3.05) is 0 Å². The largest absolute Gasteiger partial charge is 0.125 e. The first kappa shape index (κ1) is 41.9. The van der Waals surface area contributed by atoms with Crippen molar-refractivity contribution in [2.24, 2.45) is 0 Å². The normalized spacial score (nSPS) is 15.0. The van der Waals surface area contributed by atoms with E-state index in [1.807, 2.05) is 0 Å². The third kappa shape index (κ3) is 7.54. The first-order valence-corrected chi connectivity index (χ1v) is 33.7. The molecule has 0 saturated carbocycles. The van der Waals surface area contributed by atoms with Crippen LogP contribution in [-0.2, 0) is 0 Å². The molecule has 0 saturated heterocycles. The van der Waals surface area contributed by atoms with Crippen LogP contribution in [0.15, 0.2) is 200 Å². The molecule has 0 unspecified atom stereocenters. The highest BCUT2D eigenvalue weighted by Gasteiger charge is 2.43. The fraction of sp³-hybridized carbons (Fsp3) is 0.105. The Kier molecular flexibility index (Phi) is 11.2. The average molecular weight is 913 g/mol. The van der Waals surface area contributed by atoms with E-state index in [1.165, 1.54) is 91.3 Å². The van der Waals surface area contributed by atoms with Crippen LogP contribution in [0.5, 0.6) is 0 Å². The van der Waals surface area contributed by atoms with Crippen LogP contribution in [0.25, 0.3) is 66.8 Å². The molecule has 0 spiro atoms. The van der Waals surface area contributed by atoms with Crippen LogP contribution in [0.3, 0.4) is 0 Å². The van der Waals surface area contributed by atoms with Crippen LogP contribution in [0, 0.1) is 0 Å². The van der Waals surface area contributed by atoms with Gasteiger partial charge in [-0.1, -0.05) is 246 Å². The molecule has 306 valence electrons. The van der Waals surface area contributed by atoms with Gasteiger partial charge in [0.25, 0.3) is 0 Å². The topological polar surface area (TPSA) is 0 Å². The zero-order valence-corrected chi connectivity index (χ0v) is 42.6. The van der Waals surface area contributed by atoms with Gasteiger partial charge in [-0.25, -0.2) is 0 Å². The van der Waals surface area contributed by atoms with Crippen LogP contribution in [-0.4, -0.2) is 24.2 Å². The highest BCUT2D eigenvalue weighted by Crippen LogP contribution is 2.40. The van der Waals surface area contributed by atoms with Gasteiger partial charge in [0.05, 0.1) is 0 Å². The van der Waals surface area contributed by atoms with Crippen LogP contribution in [0.1, 0.15) is 0 Å². The molecule has 6 bridgehead atoms. The Morgan fingerprint density at radius 2 is 0.365 bits per heavy atom. The van der Waals surface area contributed by atoms with Gasteiger partial charge in [-0.2, -0.15) is 0 Å². The summed E-state index contributed by atoms with van der Waals surface area (Å²) >= 11 is 0. The van der Waals surface area contributed by atoms with Gasteiger partial charge in [0, 0.05) is 0 Å². The van der Waals surface area contributed by atoms with Gasteiger partial charge in [-0.05, 0) is 114 Å². The first-order chi connectivity index (χ1) is 30.5. The van der Waals surface area contributed by atoms with Gasteiger partial charge in [0.1, 0.15) is 24.2 Å². The minimum Gasteiger partial charge on any atom is -0.0763 e. The Hall–Kier alpha value is -5.08. The van der Waals surface area contributed by atoms with E-state index in [-0.39, 0.29) is 0 Å². The SMILES string of the molecule is C[Si]1(C)c2pc(c(-c3ccccc3)cc2-c2ccccc2)[Si](C)(C)c2pc(c(-c3ccccc3)cc2-c2ccccc2)[Si](C)(C)c2pc1c(-c1ccccc1)cc2-c1ccccc1. The van der Waals surface area contributed by atoms with Crippen molar-refractivity contribution in [3.63, 3.8) is 0 Å². The zero-order chi connectivity index (χ0) is 43.3. The molecule has 0 atom stereocenters. The lowest BCUT2D eigenvalue weighted by Crippen LogP contribution is -2.60. The summed E-state index contributed by atoms with van der Waals surface area (Å²) in [5.41, 5.74) is 16.4. The number of benzene rings is 6. The summed E-state index contributed by atoms with van der Waals surface area (Å²) in [6, 6.07) is 75.9. The van der Waals surface area contributed by atoms with Crippen LogP contribution in [0.2, 0.25) is 39.3 Å². The number of hydrogen-bond donors (Lipinski definition) is 0. The number of fused-ring (bicyclic) bond motifs is 6. The summed E-state index contributed by atoms with van der Waals surface area (Å²) in [6.45, 7) is 16.1. The summed E-state index contributed by atoms with van der Waals surface area (Å²) in [4.78, 5) is 9.81. The second-order valence-corrected chi connectivity index (χ2v) is 37.0. The number of hydrogen-bond acceptors (Lipinski definition) is 0. The molecule has 10 rings (SSSR count). The van der Waals surface area contributed by atoms with Crippen molar-refractivity contribution in [1.29, 1.82) is 0 Å². The molecule has 63 heavy (non-hydrogen) atoms. The quantitative estimate of drug-likeness (QED) is 0.146. The maximum Gasteiger partial charge on any atom is 0.125 e. The fourth-order valence-corrected chi connectivity index (χ4v) is 30.9. The molecule has 0 N–H and O–H groups in total. The molecule has 1 aliphatic rings. The smallest absolute Gasteiger partial charge is 0.0763 e. The monoisotopic (exact) mass is 912 g/mol. The standard InChI is InChI=1S/C57H51P3Si3/c1-61(2)52-46(40-25-13-7-14-26-40)37-48(42-29-17-9-18-30-42)54(58-52)62(3,4)56-50(44-33-21-11-22-34-44)39-51(45-35-23-12-24-36-45)57(60-56)63(5,6)55-49(43-31-19-10-20-32-43)38-47(53(61)59-55)41-27-15-8-16-28-41/h7-39H,1-6H3. The molecule has 0 fully saturated rings. The van der Waals surface area contributed by atoms with Crippen molar-refractivity contribution in [3.8, 4) is 66.8 Å². The zero-order valence-electron chi connectivity index (χ0n) is 36.9.